The summed E-state index contributed by atoms with van der Waals surface area (Å²) >= 11 is 1.50. The third-order valence-electron chi connectivity index (χ3n) is 4.07. The molecule has 0 aliphatic rings. The standard InChI is InChI=1S/C19H23F2N3O2S/c1-12-16(13(2)24-19(23-12)27-3)8-9-17(25)22-11-10-14-4-6-15(7-5-14)26-18(20)21/h4-7,18H,8-11H2,1-3H3,(H,22,25). The molecule has 0 aliphatic carbocycles. The SMILES string of the molecule is CSc1nc(C)c(CCC(=O)NCCc2ccc(OC(F)F)cc2)c(C)n1. The molecular weight excluding hydrogens is 372 g/mol. The number of halogens is 2. The molecular formula is C19H23F2N3O2S. The van der Waals surface area contributed by atoms with Crippen molar-refractivity contribution in [3.63, 3.8) is 0 Å². The molecule has 0 unspecified atom stereocenters. The lowest BCUT2D eigenvalue weighted by molar-refractivity contribution is -0.121. The van der Waals surface area contributed by atoms with E-state index in [-0.39, 0.29) is 11.7 Å². The van der Waals surface area contributed by atoms with Crippen molar-refractivity contribution in [2.75, 3.05) is 12.8 Å². The molecule has 0 aliphatic heterocycles. The summed E-state index contributed by atoms with van der Waals surface area (Å²) in [7, 11) is 0. The molecule has 0 spiro atoms. The maximum absolute atomic E-state index is 12.1. The highest BCUT2D eigenvalue weighted by atomic mass is 32.2. The van der Waals surface area contributed by atoms with E-state index in [9.17, 15) is 13.6 Å². The summed E-state index contributed by atoms with van der Waals surface area (Å²) in [5, 5.41) is 3.61. The minimum absolute atomic E-state index is 0.0413. The fourth-order valence-corrected chi connectivity index (χ4v) is 3.13. The molecule has 1 aromatic carbocycles. The van der Waals surface area contributed by atoms with E-state index in [4.69, 9.17) is 0 Å². The van der Waals surface area contributed by atoms with Crippen LogP contribution < -0.4 is 10.1 Å². The molecule has 27 heavy (non-hydrogen) atoms. The number of amides is 1. The summed E-state index contributed by atoms with van der Waals surface area (Å²) in [6.07, 6.45) is 3.51. The first-order valence-electron chi connectivity index (χ1n) is 8.57. The van der Waals surface area contributed by atoms with Crippen LogP contribution in [-0.4, -0.2) is 35.3 Å². The lowest BCUT2D eigenvalue weighted by atomic mass is 10.1. The maximum Gasteiger partial charge on any atom is 0.387 e. The zero-order chi connectivity index (χ0) is 19.8. The molecule has 8 heteroatoms. The number of nitrogens with one attached hydrogen (secondary N) is 1. The van der Waals surface area contributed by atoms with Crippen molar-refractivity contribution in [2.24, 2.45) is 0 Å². The predicted molar refractivity (Wildman–Crippen MR) is 101 cm³/mol. The lowest BCUT2D eigenvalue weighted by Crippen LogP contribution is -2.26. The van der Waals surface area contributed by atoms with Crippen LogP contribution in [0.15, 0.2) is 29.4 Å². The number of carbonyl (C=O) groups is 1. The number of hydrogen-bond donors (Lipinski definition) is 1. The summed E-state index contributed by atoms with van der Waals surface area (Å²) in [6.45, 7) is 1.52. The van der Waals surface area contributed by atoms with Crippen molar-refractivity contribution >= 4 is 17.7 Å². The van der Waals surface area contributed by atoms with Gasteiger partial charge in [0.2, 0.25) is 5.91 Å². The number of benzene rings is 1. The molecule has 2 aromatic rings. The van der Waals surface area contributed by atoms with Gasteiger partial charge in [0.1, 0.15) is 5.75 Å². The highest BCUT2D eigenvalue weighted by Crippen LogP contribution is 2.17. The second-order valence-electron chi connectivity index (χ2n) is 5.98. The quantitative estimate of drug-likeness (QED) is 0.518. The molecule has 0 atom stereocenters. The van der Waals surface area contributed by atoms with Crippen LogP contribution in [0.3, 0.4) is 0 Å². The van der Waals surface area contributed by atoms with Gasteiger partial charge in [0.25, 0.3) is 0 Å². The second kappa shape index (κ2) is 10.2. The van der Waals surface area contributed by atoms with Crippen molar-refractivity contribution < 1.29 is 18.3 Å². The van der Waals surface area contributed by atoms with E-state index in [0.29, 0.717) is 25.8 Å². The van der Waals surface area contributed by atoms with Gasteiger partial charge in [-0.3, -0.25) is 4.79 Å². The van der Waals surface area contributed by atoms with Gasteiger partial charge in [-0.2, -0.15) is 8.78 Å². The molecule has 0 fully saturated rings. The largest absolute Gasteiger partial charge is 0.435 e. The number of aryl methyl sites for hydroxylation is 2. The van der Waals surface area contributed by atoms with Crippen molar-refractivity contribution in [1.82, 2.24) is 15.3 Å². The molecule has 1 amide bonds. The van der Waals surface area contributed by atoms with Crippen LogP contribution in [0.4, 0.5) is 8.78 Å². The van der Waals surface area contributed by atoms with Crippen LogP contribution in [-0.2, 0) is 17.6 Å². The maximum atomic E-state index is 12.1. The van der Waals surface area contributed by atoms with Crippen molar-refractivity contribution in [1.29, 1.82) is 0 Å². The Morgan fingerprint density at radius 1 is 1.15 bits per heavy atom. The summed E-state index contributed by atoms with van der Waals surface area (Å²) in [4.78, 5) is 20.9. The van der Waals surface area contributed by atoms with Gasteiger partial charge in [-0.25, -0.2) is 9.97 Å². The number of aromatic nitrogens is 2. The number of ether oxygens (including phenoxy) is 1. The van der Waals surface area contributed by atoms with Gasteiger partial charge < -0.3 is 10.1 Å². The Hall–Kier alpha value is -2.22. The minimum Gasteiger partial charge on any atom is -0.435 e. The van der Waals surface area contributed by atoms with Crippen LogP contribution in [0.25, 0.3) is 0 Å². The summed E-state index contributed by atoms with van der Waals surface area (Å²) in [5.41, 5.74) is 3.76. The fraction of sp³-hybridized carbons (Fsp3) is 0.421. The number of thioether (sulfide) groups is 1. The zero-order valence-electron chi connectivity index (χ0n) is 15.6. The van der Waals surface area contributed by atoms with Crippen molar-refractivity contribution in [3.8, 4) is 5.75 Å². The molecule has 0 saturated carbocycles. The van der Waals surface area contributed by atoms with Crippen molar-refractivity contribution in [2.45, 2.75) is 44.9 Å². The lowest BCUT2D eigenvalue weighted by Gasteiger charge is -2.10. The summed E-state index contributed by atoms with van der Waals surface area (Å²) in [6, 6.07) is 6.41. The minimum atomic E-state index is -2.83. The Bertz CT molecular complexity index is 747. The Morgan fingerprint density at radius 2 is 1.78 bits per heavy atom. The molecule has 0 bridgehead atoms. The third-order valence-corrected chi connectivity index (χ3v) is 4.62. The second-order valence-corrected chi connectivity index (χ2v) is 6.76. The Morgan fingerprint density at radius 3 is 2.33 bits per heavy atom. The summed E-state index contributed by atoms with van der Waals surface area (Å²) in [5.74, 6) is 0.0821. The molecule has 146 valence electrons. The Labute approximate surface area is 161 Å². The number of nitrogens with zero attached hydrogens (tertiary/aromatic N) is 2. The Balaban J connectivity index is 1.77. The first-order chi connectivity index (χ1) is 12.9. The first-order valence-corrected chi connectivity index (χ1v) is 9.80. The molecule has 1 N–H and O–H groups in total. The molecule has 0 saturated heterocycles. The number of hydrogen-bond acceptors (Lipinski definition) is 5. The van der Waals surface area contributed by atoms with E-state index in [0.717, 1.165) is 27.7 Å². The Kier molecular flexibility index (Phi) is 7.97. The average Bonchev–Trinajstić information content (AvgIpc) is 2.61. The van der Waals surface area contributed by atoms with E-state index >= 15 is 0 Å². The smallest absolute Gasteiger partial charge is 0.387 e. The summed E-state index contributed by atoms with van der Waals surface area (Å²) < 4.78 is 28.5. The molecule has 0 radical (unpaired) electrons. The third kappa shape index (κ3) is 6.78. The predicted octanol–water partition coefficient (Wildman–Crippen LogP) is 3.71. The van der Waals surface area contributed by atoms with Gasteiger partial charge in [-0.05, 0) is 56.2 Å². The van der Waals surface area contributed by atoms with Gasteiger partial charge in [-0.15, -0.1) is 0 Å². The number of rotatable bonds is 9. The number of alkyl halides is 2. The van der Waals surface area contributed by atoms with Crippen LogP contribution >= 0.6 is 11.8 Å². The van der Waals surface area contributed by atoms with Crippen molar-refractivity contribution in [3.05, 3.63) is 46.8 Å². The highest BCUT2D eigenvalue weighted by Gasteiger charge is 2.10. The van der Waals surface area contributed by atoms with E-state index < -0.39 is 6.61 Å². The topological polar surface area (TPSA) is 64.1 Å². The van der Waals surface area contributed by atoms with Crippen LogP contribution in [0, 0.1) is 13.8 Å². The molecule has 1 heterocycles. The zero-order valence-corrected chi connectivity index (χ0v) is 16.4. The average molecular weight is 395 g/mol. The van der Waals surface area contributed by atoms with Gasteiger partial charge in [-0.1, -0.05) is 23.9 Å². The van der Waals surface area contributed by atoms with Crippen LogP contribution in [0.5, 0.6) is 5.75 Å². The normalized spacial score (nSPS) is 10.9. The number of carbonyl (C=O) groups excluding carboxylic acids is 1. The van der Waals surface area contributed by atoms with Gasteiger partial charge in [0.15, 0.2) is 5.16 Å². The van der Waals surface area contributed by atoms with Crippen LogP contribution in [0.1, 0.15) is 28.9 Å². The fourth-order valence-electron chi connectivity index (χ4n) is 2.67. The van der Waals surface area contributed by atoms with Gasteiger partial charge in [0, 0.05) is 24.4 Å². The van der Waals surface area contributed by atoms with E-state index in [1.165, 1.54) is 23.9 Å². The monoisotopic (exact) mass is 395 g/mol. The first kappa shape index (κ1) is 21.1. The van der Waals surface area contributed by atoms with Gasteiger partial charge in [0.05, 0.1) is 0 Å². The van der Waals surface area contributed by atoms with Crippen LogP contribution in [0.2, 0.25) is 0 Å². The van der Waals surface area contributed by atoms with E-state index in [1.54, 1.807) is 12.1 Å². The van der Waals surface area contributed by atoms with Gasteiger partial charge >= 0.3 is 6.61 Å². The molecule has 2 rings (SSSR count). The molecule has 5 nitrogen and oxygen atoms in total. The van der Waals surface area contributed by atoms with E-state index in [1.807, 2.05) is 20.1 Å². The molecule has 1 aromatic heterocycles. The highest BCUT2D eigenvalue weighted by molar-refractivity contribution is 7.98. The van der Waals surface area contributed by atoms with E-state index in [2.05, 4.69) is 20.0 Å².